The van der Waals surface area contributed by atoms with Crippen LogP contribution < -0.4 is 9.62 Å². The summed E-state index contributed by atoms with van der Waals surface area (Å²) in [5.74, 6) is -0.475. The number of carbonyl (C=O) groups is 2. The molecule has 132 valence electrons. The molecule has 1 aliphatic rings. The average Bonchev–Trinajstić information content (AvgIpc) is 2.52. The maximum absolute atomic E-state index is 12.3. The molecule has 0 radical (unpaired) electrons. The molecule has 1 amide bonds. The van der Waals surface area contributed by atoms with Crippen molar-refractivity contribution in [2.24, 2.45) is 0 Å². The molecule has 1 fully saturated rings. The molecule has 1 aliphatic carbocycles. The second kappa shape index (κ2) is 7.79. The number of nitrogens with one attached hydrogen (secondary N) is 1. The third-order valence-corrected chi connectivity index (χ3v) is 5.34. The van der Waals surface area contributed by atoms with Gasteiger partial charge in [0.15, 0.2) is 5.78 Å². The van der Waals surface area contributed by atoms with Gasteiger partial charge in [0.2, 0.25) is 15.9 Å². The standard InChI is InChI=1S/C17H24N2O4S/c1-13(20)14-7-6-10-16(11-14)19(24(2,22)23)12-17(21)18-15-8-4-3-5-9-15/h6-7,10-11,15H,3-5,8-9,12H2,1-2H3,(H,18,21). The Morgan fingerprint density at radius 1 is 1.21 bits per heavy atom. The van der Waals surface area contributed by atoms with Gasteiger partial charge in [0.1, 0.15) is 6.54 Å². The molecule has 0 heterocycles. The molecule has 0 unspecified atom stereocenters. The van der Waals surface area contributed by atoms with E-state index in [-0.39, 0.29) is 24.3 Å². The van der Waals surface area contributed by atoms with Gasteiger partial charge in [0, 0.05) is 11.6 Å². The number of nitrogens with zero attached hydrogens (tertiary/aromatic N) is 1. The minimum absolute atomic E-state index is 0.121. The zero-order chi connectivity index (χ0) is 17.7. The smallest absolute Gasteiger partial charge is 0.240 e. The Hall–Kier alpha value is -1.89. The molecule has 2 rings (SSSR count). The summed E-state index contributed by atoms with van der Waals surface area (Å²) in [6, 6.07) is 6.44. The van der Waals surface area contributed by atoms with Crippen molar-refractivity contribution in [2.45, 2.75) is 45.1 Å². The van der Waals surface area contributed by atoms with Crippen molar-refractivity contribution in [3.8, 4) is 0 Å². The van der Waals surface area contributed by atoms with Gasteiger partial charge >= 0.3 is 0 Å². The Balaban J connectivity index is 2.15. The zero-order valence-electron chi connectivity index (χ0n) is 14.1. The fourth-order valence-electron chi connectivity index (χ4n) is 2.93. The van der Waals surface area contributed by atoms with Gasteiger partial charge in [-0.3, -0.25) is 13.9 Å². The van der Waals surface area contributed by atoms with Gasteiger partial charge in [-0.25, -0.2) is 8.42 Å². The summed E-state index contributed by atoms with van der Waals surface area (Å²) in [4.78, 5) is 23.8. The van der Waals surface area contributed by atoms with Gasteiger partial charge in [-0.2, -0.15) is 0 Å². The van der Waals surface area contributed by atoms with E-state index < -0.39 is 10.0 Å². The molecule has 1 aromatic carbocycles. The zero-order valence-corrected chi connectivity index (χ0v) is 14.9. The summed E-state index contributed by atoms with van der Waals surface area (Å²) >= 11 is 0. The van der Waals surface area contributed by atoms with Gasteiger partial charge in [0.25, 0.3) is 0 Å². The highest BCUT2D eigenvalue weighted by atomic mass is 32.2. The fraction of sp³-hybridized carbons (Fsp3) is 0.529. The van der Waals surface area contributed by atoms with Crippen molar-refractivity contribution >= 4 is 27.4 Å². The van der Waals surface area contributed by atoms with Crippen LogP contribution >= 0.6 is 0 Å². The molecule has 0 saturated heterocycles. The molecular formula is C17H24N2O4S. The molecular weight excluding hydrogens is 328 g/mol. The number of carbonyl (C=O) groups excluding carboxylic acids is 2. The van der Waals surface area contributed by atoms with Crippen LogP contribution in [0.15, 0.2) is 24.3 Å². The van der Waals surface area contributed by atoms with Gasteiger partial charge in [-0.15, -0.1) is 0 Å². The summed E-state index contributed by atoms with van der Waals surface area (Å²) in [5.41, 5.74) is 0.734. The summed E-state index contributed by atoms with van der Waals surface area (Å²) in [7, 11) is -3.64. The first kappa shape index (κ1) is 18.4. The van der Waals surface area contributed by atoms with Crippen LogP contribution in [-0.2, 0) is 14.8 Å². The topological polar surface area (TPSA) is 83.6 Å². The lowest BCUT2D eigenvalue weighted by molar-refractivity contribution is -0.120. The summed E-state index contributed by atoms with van der Waals surface area (Å²) in [6.45, 7) is 1.14. The van der Waals surface area contributed by atoms with Crippen LogP contribution in [0.4, 0.5) is 5.69 Å². The Labute approximate surface area is 143 Å². The molecule has 24 heavy (non-hydrogen) atoms. The van der Waals surface area contributed by atoms with Crippen LogP contribution in [0.1, 0.15) is 49.4 Å². The minimum atomic E-state index is -3.64. The first-order valence-corrected chi connectivity index (χ1v) is 10.0. The molecule has 0 aliphatic heterocycles. The number of amides is 1. The molecule has 0 aromatic heterocycles. The van der Waals surface area contributed by atoms with E-state index in [0.717, 1.165) is 36.2 Å². The van der Waals surface area contributed by atoms with Crippen LogP contribution in [0.25, 0.3) is 0 Å². The maximum atomic E-state index is 12.3. The second-order valence-corrected chi connectivity index (χ2v) is 8.19. The summed E-state index contributed by atoms with van der Waals surface area (Å²) in [6.07, 6.45) is 6.28. The van der Waals surface area contributed by atoms with Crippen molar-refractivity contribution in [2.75, 3.05) is 17.1 Å². The third kappa shape index (κ3) is 5.06. The highest BCUT2D eigenvalue weighted by Crippen LogP contribution is 2.20. The van der Waals surface area contributed by atoms with Crippen LogP contribution in [0.5, 0.6) is 0 Å². The summed E-state index contributed by atoms with van der Waals surface area (Å²) < 4.78 is 25.2. The quantitative estimate of drug-likeness (QED) is 0.795. The molecule has 0 bridgehead atoms. The number of hydrogen-bond acceptors (Lipinski definition) is 4. The van der Waals surface area contributed by atoms with Crippen molar-refractivity contribution in [1.29, 1.82) is 0 Å². The maximum Gasteiger partial charge on any atom is 0.240 e. The van der Waals surface area contributed by atoms with Gasteiger partial charge in [-0.05, 0) is 31.9 Å². The number of anilines is 1. The third-order valence-electron chi connectivity index (χ3n) is 4.20. The molecule has 0 spiro atoms. The fourth-order valence-corrected chi connectivity index (χ4v) is 3.78. The molecule has 7 heteroatoms. The molecule has 6 nitrogen and oxygen atoms in total. The van der Waals surface area contributed by atoms with E-state index in [2.05, 4.69) is 5.32 Å². The number of ketones is 1. The minimum Gasteiger partial charge on any atom is -0.352 e. The Bertz CT molecular complexity index is 709. The van der Waals surface area contributed by atoms with Crippen molar-refractivity contribution in [3.05, 3.63) is 29.8 Å². The van der Waals surface area contributed by atoms with Crippen molar-refractivity contribution < 1.29 is 18.0 Å². The first-order valence-electron chi connectivity index (χ1n) is 8.15. The highest BCUT2D eigenvalue weighted by molar-refractivity contribution is 7.92. The lowest BCUT2D eigenvalue weighted by Gasteiger charge is -2.26. The predicted molar refractivity (Wildman–Crippen MR) is 93.7 cm³/mol. The van der Waals surface area contributed by atoms with E-state index in [1.807, 2.05) is 0 Å². The Kier molecular flexibility index (Phi) is 5.99. The van der Waals surface area contributed by atoms with E-state index in [0.29, 0.717) is 11.3 Å². The molecule has 1 saturated carbocycles. The number of rotatable bonds is 6. The van der Waals surface area contributed by atoms with Crippen LogP contribution in [0.2, 0.25) is 0 Å². The van der Waals surface area contributed by atoms with Crippen LogP contribution in [-0.4, -0.2) is 39.0 Å². The van der Waals surface area contributed by atoms with Gasteiger partial charge in [-0.1, -0.05) is 31.4 Å². The Morgan fingerprint density at radius 2 is 1.88 bits per heavy atom. The van der Waals surface area contributed by atoms with E-state index in [1.165, 1.54) is 19.4 Å². The highest BCUT2D eigenvalue weighted by Gasteiger charge is 2.23. The van der Waals surface area contributed by atoms with E-state index in [4.69, 9.17) is 0 Å². The number of Topliss-reactive ketones (excluding diaryl/α,β-unsaturated/α-hetero) is 1. The average molecular weight is 352 g/mol. The van der Waals surface area contributed by atoms with Crippen LogP contribution in [0.3, 0.4) is 0 Å². The van der Waals surface area contributed by atoms with Crippen LogP contribution in [0, 0.1) is 0 Å². The number of benzene rings is 1. The molecule has 1 N–H and O–H groups in total. The normalized spacial score (nSPS) is 15.8. The lowest BCUT2D eigenvalue weighted by atomic mass is 9.95. The molecule has 1 aromatic rings. The second-order valence-electron chi connectivity index (χ2n) is 6.28. The number of hydrogen-bond donors (Lipinski definition) is 1. The first-order chi connectivity index (χ1) is 11.3. The lowest BCUT2D eigenvalue weighted by Crippen LogP contribution is -2.44. The van der Waals surface area contributed by atoms with Gasteiger partial charge < -0.3 is 5.32 Å². The van der Waals surface area contributed by atoms with Gasteiger partial charge in [0.05, 0.1) is 11.9 Å². The van der Waals surface area contributed by atoms with E-state index in [1.54, 1.807) is 18.2 Å². The SMILES string of the molecule is CC(=O)c1cccc(N(CC(=O)NC2CCCCC2)S(C)(=O)=O)c1. The monoisotopic (exact) mass is 352 g/mol. The predicted octanol–water partition coefficient (Wildman–Crippen LogP) is 2.10. The van der Waals surface area contributed by atoms with Crippen molar-refractivity contribution in [3.63, 3.8) is 0 Å². The largest absolute Gasteiger partial charge is 0.352 e. The van der Waals surface area contributed by atoms with E-state index in [9.17, 15) is 18.0 Å². The van der Waals surface area contributed by atoms with Crippen molar-refractivity contribution in [1.82, 2.24) is 5.32 Å². The Morgan fingerprint density at radius 3 is 2.46 bits per heavy atom. The summed E-state index contributed by atoms with van der Waals surface area (Å²) in [5, 5.41) is 2.92. The molecule has 0 atom stereocenters. The number of sulfonamides is 1. The van der Waals surface area contributed by atoms with E-state index >= 15 is 0 Å².